The summed E-state index contributed by atoms with van der Waals surface area (Å²) in [6, 6.07) is 26.8. The summed E-state index contributed by atoms with van der Waals surface area (Å²) in [5.41, 5.74) is 2.87. The Hall–Kier alpha value is -3.60. The maximum Gasteiger partial charge on any atom is 0.344 e. The molecule has 0 N–H and O–H groups in total. The number of hydrogen-bond donors (Lipinski definition) is 0. The summed E-state index contributed by atoms with van der Waals surface area (Å²) < 4.78 is 10.7. The maximum absolute atomic E-state index is 12.2. The van der Waals surface area contributed by atoms with E-state index >= 15 is 0 Å². The molecular weight excluding hydrogens is 366 g/mol. The lowest BCUT2D eigenvalue weighted by molar-refractivity contribution is -0.149. The number of hydrogen-bond acceptors (Lipinski definition) is 4. The smallest absolute Gasteiger partial charge is 0.344 e. The normalized spacial score (nSPS) is 10.2. The fourth-order valence-electron chi connectivity index (χ4n) is 2.82. The lowest BCUT2D eigenvalue weighted by Crippen LogP contribution is -2.31. The molecule has 3 rings (SSSR count). The number of rotatable bonds is 8. The molecule has 3 aromatic carbocycles. The van der Waals surface area contributed by atoms with Gasteiger partial charge in [0.05, 0.1) is 0 Å². The van der Waals surface area contributed by atoms with E-state index in [1.165, 1.54) is 4.90 Å². The van der Waals surface area contributed by atoms with Crippen molar-refractivity contribution in [2.45, 2.75) is 6.42 Å². The van der Waals surface area contributed by atoms with Crippen LogP contribution in [-0.2, 0) is 20.7 Å². The van der Waals surface area contributed by atoms with E-state index in [-0.39, 0.29) is 19.1 Å². The highest BCUT2D eigenvalue weighted by Gasteiger charge is 2.14. The first kappa shape index (κ1) is 20.1. The number of ether oxygens (including phenoxy) is 2. The number of esters is 1. The zero-order valence-corrected chi connectivity index (χ0v) is 16.3. The second-order valence-corrected chi connectivity index (χ2v) is 6.51. The summed E-state index contributed by atoms with van der Waals surface area (Å²) in [6.45, 7) is -0.590. The van der Waals surface area contributed by atoms with E-state index in [4.69, 9.17) is 9.47 Å². The number of likely N-dealkylation sites (N-methyl/N-ethyl adjacent to an activating group) is 1. The largest absolute Gasteiger partial charge is 0.482 e. The molecule has 0 aliphatic carbocycles. The van der Waals surface area contributed by atoms with Gasteiger partial charge in [-0.2, -0.15) is 0 Å². The minimum atomic E-state index is -0.589. The van der Waals surface area contributed by atoms with Gasteiger partial charge in [-0.3, -0.25) is 4.79 Å². The van der Waals surface area contributed by atoms with Crippen molar-refractivity contribution in [3.63, 3.8) is 0 Å². The number of anilines is 1. The van der Waals surface area contributed by atoms with E-state index in [0.717, 1.165) is 16.8 Å². The van der Waals surface area contributed by atoms with Crippen molar-refractivity contribution in [1.29, 1.82) is 0 Å². The van der Waals surface area contributed by atoms with E-state index in [1.807, 2.05) is 84.9 Å². The number of nitrogens with zero attached hydrogens (tertiary/aromatic N) is 1. The average molecular weight is 389 g/mol. The molecule has 3 aromatic rings. The van der Waals surface area contributed by atoms with E-state index in [9.17, 15) is 9.59 Å². The summed E-state index contributed by atoms with van der Waals surface area (Å²) in [4.78, 5) is 25.7. The molecule has 0 saturated carbocycles. The molecule has 0 bridgehead atoms. The molecule has 0 aliphatic heterocycles. The molecular formula is C24H23NO4. The Labute approximate surface area is 170 Å². The first-order valence-electron chi connectivity index (χ1n) is 9.35. The fourth-order valence-corrected chi connectivity index (χ4v) is 2.82. The highest BCUT2D eigenvalue weighted by atomic mass is 16.6. The zero-order valence-electron chi connectivity index (χ0n) is 16.3. The van der Waals surface area contributed by atoms with Crippen molar-refractivity contribution in [2.75, 3.05) is 25.2 Å². The highest BCUT2D eigenvalue weighted by Crippen LogP contribution is 2.21. The zero-order chi connectivity index (χ0) is 20.5. The minimum Gasteiger partial charge on any atom is -0.482 e. The Morgan fingerprint density at radius 3 is 2.14 bits per heavy atom. The number of carbonyl (C=O) groups excluding carboxylic acids is 2. The Morgan fingerprint density at radius 2 is 1.41 bits per heavy atom. The summed E-state index contributed by atoms with van der Waals surface area (Å²) in [6.07, 6.45) is 0.701. The number of carbonyl (C=O) groups is 2. The van der Waals surface area contributed by atoms with Gasteiger partial charge in [0.2, 0.25) is 0 Å². The topological polar surface area (TPSA) is 55.8 Å². The SMILES string of the molecule is CN(C(=O)COC(=O)COc1ccccc1Cc1ccccc1)c1ccccc1. The number of para-hydroxylation sites is 2. The van der Waals surface area contributed by atoms with Crippen molar-refractivity contribution >= 4 is 17.6 Å². The van der Waals surface area contributed by atoms with Crippen LogP contribution in [0.1, 0.15) is 11.1 Å². The number of benzene rings is 3. The summed E-state index contributed by atoms with van der Waals surface area (Å²) in [7, 11) is 1.64. The third kappa shape index (κ3) is 5.94. The molecule has 0 unspecified atom stereocenters. The molecule has 29 heavy (non-hydrogen) atoms. The fraction of sp³-hybridized carbons (Fsp3) is 0.167. The van der Waals surface area contributed by atoms with Crippen LogP contribution in [0.2, 0.25) is 0 Å². The van der Waals surface area contributed by atoms with Crippen LogP contribution in [-0.4, -0.2) is 32.1 Å². The van der Waals surface area contributed by atoms with Crippen LogP contribution in [0.4, 0.5) is 5.69 Å². The molecule has 0 heterocycles. The summed E-state index contributed by atoms with van der Waals surface area (Å²) in [5.74, 6) is -0.274. The van der Waals surface area contributed by atoms with Crippen molar-refractivity contribution in [3.8, 4) is 5.75 Å². The first-order valence-corrected chi connectivity index (χ1v) is 9.35. The quantitative estimate of drug-likeness (QED) is 0.549. The summed E-state index contributed by atoms with van der Waals surface area (Å²) >= 11 is 0. The van der Waals surface area contributed by atoms with Gasteiger partial charge in [-0.1, -0.05) is 66.7 Å². The van der Waals surface area contributed by atoms with E-state index in [2.05, 4.69) is 0 Å². The molecule has 0 aliphatic rings. The molecule has 0 fully saturated rings. The maximum atomic E-state index is 12.2. The van der Waals surface area contributed by atoms with Gasteiger partial charge < -0.3 is 14.4 Å². The van der Waals surface area contributed by atoms with E-state index in [1.54, 1.807) is 7.05 Å². The van der Waals surface area contributed by atoms with Gasteiger partial charge in [0, 0.05) is 19.2 Å². The molecule has 1 amide bonds. The second kappa shape index (κ2) is 10.1. The third-order valence-electron chi connectivity index (χ3n) is 4.43. The molecule has 0 aromatic heterocycles. The summed E-state index contributed by atoms with van der Waals surface area (Å²) in [5, 5.41) is 0. The highest BCUT2D eigenvalue weighted by molar-refractivity contribution is 5.94. The van der Waals surface area contributed by atoms with Crippen molar-refractivity contribution < 1.29 is 19.1 Å². The van der Waals surface area contributed by atoms with Crippen molar-refractivity contribution in [3.05, 3.63) is 96.1 Å². The molecule has 5 nitrogen and oxygen atoms in total. The Kier molecular flexibility index (Phi) is 7.00. The van der Waals surface area contributed by atoms with Crippen LogP contribution in [0.25, 0.3) is 0 Å². The molecule has 0 atom stereocenters. The van der Waals surface area contributed by atoms with Gasteiger partial charge in [0.15, 0.2) is 13.2 Å². The molecule has 0 radical (unpaired) electrons. The predicted molar refractivity (Wildman–Crippen MR) is 112 cm³/mol. The minimum absolute atomic E-state index is 0.256. The first-order chi connectivity index (χ1) is 14.1. The van der Waals surface area contributed by atoms with Crippen LogP contribution in [0.15, 0.2) is 84.9 Å². The third-order valence-corrected chi connectivity index (χ3v) is 4.43. The second-order valence-electron chi connectivity index (χ2n) is 6.51. The van der Waals surface area contributed by atoms with E-state index < -0.39 is 5.97 Å². The van der Waals surface area contributed by atoms with Crippen LogP contribution < -0.4 is 9.64 Å². The van der Waals surface area contributed by atoms with E-state index in [0.29, 0.717) is 12.2 Å². The van der Waals surface area contributed by atoms with Gasteiger partial charge in [-0.15, -0.1) is 0 Å². The Bertz CT molecular complexity index is 941. The van der Waals surface area contributed by atoms with Crippen molar-refractivity contribution in [2.24, 2.45) is 0 Å². The number of amides is 1. The monoisotopic (exact) mass is 389 g/mol. The Morgan fingerprint density at radius 1 is 0.793 bits per heavy atom. The molecule has 0 saturated heterocycles. The van der Waals surface area contributed by atoms with Crippen LogP contribution in [0, 0.1) is 0 Å². The average Bonchev–Trinajstić information content (AvgIpc) is 2.77. The van der Waals surface area contributed by atoms with Gasteiger partial charge >= 0.3 is 5.97 Å². The van der Waals surface area contributed by atoms with Gasteiger partial charge in [-0.05, 0) is 29.3 Å². The Balaban J connectivity index is 1.50. The van der Waals surface area contributed by atoms with Gasteiger partial charge in [0.1, 0.15) is 5.75 Å². The standard InChI is InChI=1S/C24H23NO4/c1-25(21-13-6-3-7-14-21)23(26)17-29-24(27)18-28-22-15-9-8-12-20(22)16-19-10-4-2-5-11-19/h2-15H,16-18H2,1H3. The molecule has 5 heteroatoms. The molecule has 0 spiro atoms. The van der Waals surface area contributed by atoms with Crippen LogP contribution >= 0.6 is 0 Å². The van der Waals surface area contributed by atoms with Crippen LogP contribution in [0.5, 0.6) is 5.75 Å². The lowest BCUT2D eigenvalue weighted by atomic mass is 10.0. The van der Waals surface area contributed by atoms with Gasteiger partial charge in [0.25, 0.3) is 5.91 Å². The molecule has 148 valence electrons. The van der Waals surface area contributed by atoms with Gasteiger partial charge in [-0.25, -0.2) is 4.79 Å². The van der Waals surface area contributed by atoms with Crippen LogP contribution in [0.3, 0.4) is 0 Å². The lowest BCUT2D eigenvalue weighted by Gasteiger charge is -2.17. The van der Waals surface area contributed by atoms with Crippen molar-refractivity contribution in [1.82, 2.24) is 0 Å². The predicted octanol–water partition coefficient (Wildman–Crippen LogP) is 3.86.